The van der Waals surface area contributed by atoms with Gasteiger partial charge in [0.2, 0.25) is 0 Å². The zero-order valence-electron chi connectivity index (χ0n) is 14.8. The van der Waals surface area contributed by atoms with Gasteiger partial charge >= 0.3 is 0 Å². The Morgan fingerprint density at radius 2 is 2.00 bits per heavy atom. The summed E-state index contributed by atoms with van der Waals surface area (Å²) in [5, 5.41) is 9.73. The highest BCUT2D eigenvalue weighted by atomic mass is 79.9. The fourth-order valence-electron chi connectivity index (χ4n) is 2.82. The van der Waals surface area contributed by atoms with Gasteiger partial charge in [0.15, 0.2) is 5.78 Å². The Morgan fingerprint density at radius 3 is 2.58 bits per heavy atom. The molecule has 0 saturated carbocycles. The first-order chi connectivity index (χ1) is 12.3. The lowest BCUT2D eigenvalue weighted by Crippen LogP contribution is -2.73. The number of benzene rings is 1. The maximum atomic E-state index is 13.0. The molecule has 0 aliphatic carbocycles. The second-order valence-corrected chi connectivity index (χ2v) is 7.08. The zero-order valence-corrected chi connectivity index (χ0v) is 16.4. The van der Waals surface area contributed by atoms with Crippen LogP contribution in [0.3, 0.4) is 0 Å². The van der Waals surface area contributed by atoms with Crippen molar-refractivity contribution in [2.45, 2.75) is 13.0 Å². The smallest absolute Gasteiger partial charge is 0.273 e. The van der Waals surface area contributed by atoms with E-state index >= 15 is 0 Å². The molecule has 1 aromatic rings. The number of carbonyl (C=O) groups excluding carboxylic acids is 2. The molecule has 8 heteroatoms. The van der Waals surface area contributed by atoms with Crippen molar-refractivity contribution in [1.82, 2.24) is 9.80 Å². The average Bonchev–Trinajstić information content (AvgIpc) is 2.62. The Balaban J connectivity index is 1.94. The number of hydrogen-bond acceptors (Lipinski definition) is 4. The van der Waals surface area contributed by atoms with Gasteiger partial charge in [-0.3, -0.25) is 19.9 Å². The summed E-state index contributed by atoms with van der Waals surface area (Å²) in [4.78, 5) is 28.4. The molecule has 1 fully saturated rings. The Labute approximate surface area is 160 Å². The number of nitrogens with one attached hydrogen (secondary N) is 1. The number of Topliss-reactive ketones (excluding diaryl/α,β-unsaturated/α-hetero) is 1. The first-order valence-electron chi connectivity index (χ1n) is 8.39. The molecule has 1 aromatic carbocycles. The minimum Gasteiger partial charge on any atom is -0.334 e. The number of hydrogen-bond donors (Lipinski definition) is 2. The second kappa shape index (κ2) is 9.16. The van der Waals surface area contributed by atoms with Gasteiger partial charge in [0, 0.05) is 31.2 Å². The van der Waals surface area contributed by atoms with E-state index in [4.69, 9.17) is 5.41 Å². The zero-order chi connectivity index (χ0) is 19.3. The molecule has 140 valence electrons. The van der Waals surface area contributed by atoms with Crippen molar-refractivity contribution in [3.63, 3.8) is 0 Å². The van der Waals surface area contributed by atoms with Crippen LogP contribution in [0.2, 0.25) is 0 Å². The summed E-state index contributed by atoms with van der Waals surface area (Å²) in [6.45, 7) is 3.63. The topological polar surface area (TPSA) is 81.1 Å². The fourth-order valence-corrected chi connectivity index (χ4v) is 3.25. The van der Waals surface area contributed by atoms with Crippen LogP contribution in [-0.2, 0) is 4.79 Å². The van der Waals surface area contributed by atoms with E-state index in [1.54, 1.807) is 16.4 Å². The summed E-state index contributed by atoms with van der Waals surface area (Å²) < 4.78 is 13.4. The minimum absolute atomic E-state index is 0.00890. The third-order valence-corrected chi connectivity index (χ3v) is 4.99. The number of halogens is 2. The molecular weight excluding hydrogens is 403 g/mol. The van der Waals surface area contributed by atoms with Crippen LogP contribution in [-0.4, -0.2) is 66.5 Å². The van der Waals surface area contributed by atoms with Crippen LogP contribution in [0.5, 0.6) is 0 Å². The molecule has 26 heavy (non-hydrogen) atoms. The number of quaternary nitrogens is 1. The van der Waals surface area contributed by atoms with Crippen LogP contribution in [0, 0.1) is 11.2 Å². The maximum absolute atomic E-state index is 13.0. The second-order valence-electron chi connectivity index (χ2n) is 6.22. The average molecular weight is 426 g/mol. The molecule has 0 bridgehead atoms. The Bertz CT molecular complexity index is 720. The van der Waals surface area contributed by atoms with Gasteiger partial charge in [0.05, 0.1) is 13.6 Å². The Hall–Kier alpha value is -1.90. The summed E-state index contributed by atoms with van der Waals surface area (Å²) in [7, 11) is 1.82. The molecule has 1 saturated heterocycles. The van der Waals surface area contributed by atoms with Crippen LogP contribution >= 0.6 is 15.9 Å². The molecule has 0 aromatic heterocycles. The van der Waals surface area contributed by atoms with Gasteiger partial charge in [0.25, 0.3) is 5.91 Å². The highest BCUT2D eigenvalue weighted by Gasteiger charge is 2.30. The molecule has 1 aliphatic rings. The summed E-state index contributed by atoms with van der Waals surface area (Å²) in [6.07, 6.45) is 1.67. The minimum atomic E-state index is -0.370. The van der Waals surface area contributed by atoms with Gasteiger partial charge in [0.1, 0.15) is 22.2 Å². The standard InChI is InChI=1S/C18H22BrFN4O2/c1-12-10-24(18(26)17(21)15(19)9-22-2)8-7-23(12)11-16(25)13-3-5-14(20)6-4-13/h3-6,9,12,21-22H,7-8,10-11H2,1-2H3/p+1/b15-9+,21-17?/t12-/m0/s1. The van der Waals surface area contributed by atoms with Gasteiger partial charge in [-0.05, 0) is 47.1 Å². The highest BCUT2D eigenvalue weighted by Crippen LogP contribution is 2.14. The fraction of sp³-hybridized carbons (Fsp3) is 0.389. The lowest BCUT2D eigenvalue weighted by atomic mass is 10.1. The number of nitrogens with two attached hydrogens (primary N) is 1. The van der Waals surface area contributed by atoms with Crippen molar-refractivity contribution in [2.75, 3.05) is 33.2 Å². The van der Waals surface area contributed by atoms with Gasteiger partial charge in [-0.15, -0.1) is 0 Å². The summed E-state index contributed by atoms with van der Waals surface area (Å²) in [5.41, 5.74) is 0.398. The SMILES string of the molecule is C[NH2+]/C=C(/Br)C(=N)C(=O)N1CCN(CC(=O)c2ccc(F)cc2)[C@@H](C)C1. The lowest BCUT2D eigenvalue weighted by molar-refractivity contribution is -0.556. The largest absolute Gasteiger partial charge is 0.334 e. The monoisotopic (exact) mass is 425 g/mol. The van der Waals surface area contributed by atoms with Crippen molar-refractivity contribution in [3.8, 4) is 0 Å². The van der Waals surface area contributed by atoms with E-state index in [1.165, 1.54) is 24.3 Å². The number of carbonyl (C=O) groups is 2. The molecular formula is C18H23BrFN4O2+. The van der Waals surface area contributed by atoms with Crippen LogP contribution in [0.15, 0.2) is 34.9 Å². The number of ketones is 1. The molecule has 0 radical (unpaired) electrons. The van der Waals surface area contributed by atoms with Crippen molar-refractivity contribution in [2.24, 2.45) is 0 Å². The van der Waals surface area contributed by atoms with Crippen LogP contribution < -0.4 is 5.32 Å². The van der Waals surface area contributed by atoms with E-state index in [1.807, 2.05) is 18.9 Å². The molecule has 6 nitrogen and oxygen atoms in total. The first-order valence-corrected chi connectivity index (χ1v) is 9.19. The van der Waals surface area contributed by atoms with Crippen molar-refractivity contribution >= 4 is 33.3 Å². The molecule has 3 N–H and O–H groups in total. The van der Waals surface area contributed by atoms with Crippen LogP contribution in [0.1, 0.15) is 17.3 Å². The first kappa shape index (κ1) is 20.4. The van der Waals surface area contributed by atoms with E-state index in [0.717, 1.165) is 0 Å². The Morgan fingerprint density at radius 1 is 1.35 bits per heavy atom. The van der Waals surface area contributed by atoms with E-state index in [2.05, 4.69) is 15.9 Å². The number of rotatable bonds is 6. The predicted molar refractivity (Wildman–Crippen MR) is 101 cm³/mol. The normalized spacial score (nSPS) is 18.7. The van der Waals surface area contributed by atoms with Crippen molar-refractivity contribution in [3.05, 3.63) is 46.3 Å². The predicted octanol–water partition coefficient (Wildman–Crippen LogP) is 0.990. The molecule has 1 heterocycles. The molecule has 0 unspecified atom stereocenters. The van der Waals surface area contributed by atoms with E-state index in [9.17, 15) is 14.0 Å². The van der Waals surface area contributed by atoms with Crippen molar-refractivity contribution < 1.29 is 19.3 Å². The van der Waals surface area contributed by atoms with Gasteiger partial charge in [-0.2, -0.15) is 0 Å². The van der Waals surface area contributed by atoms with Crippen LogP contribution in [0.4, 0.5) is 4.39 Å². The summed E-state index contributed by atoms with van der Waals surface area (Å²) >= 11 is 3.24. The number of nitrogens with zero attached hydrogens (tertiary/aromatic N) is 2. The Kier molecular flexibility index (Phi) is 7.19. The third kappa shape index (κ3) is 5.06. The summed E-state index contributed by atoms with van der Waals surface area (Å²) in [5.74, 6) is -0.773. The van der Waals surface area contributed by atoms with E-state index in [0.29, 0.717) is 29.7 Å². The molecule has 0 spiro atoms. The molecule has 1 aliphatic heterocycles. The van der Waals surface area contributed by atoms with Crippen LogP contribution in [0.25, 0.3) is 0 Å². The van der Waals surface area contributed by atoms with E-state index in [-0.39, 0.29) is 35.8 Å². The van der Waals surface area contributed by atoms with Crippen molar-refractivity contribution in [1.29, 1.82) is 5.41 Å². The van der Waals surface area contributed by atoms with E-state index < -0.39 is 0 Å². The van der Waals surface area contributed by atoms with Gasteiger partial charge in [-0.25, -0.2) is 4.39 Å². The molecule has 1 atom stereocenters. The maximum Gasteiger partial charge on any atom is 0.273 e. The quantitative estimate of drug-likeness (QED) is 0.526. The third-order valence-electron chi connectivity index (χ3n) is 4.33. The summed E-state index contributed by atoms with van der Waals surface area (Å²) in [6, 6.07) is 5.51. The number of piperazine rings is 1. The van der Waals surface area contributed by atoms with Gasteiger partial charge < -0.3 is 10.2 Å². The number of amides is 1. The molecule has 2 rings (SSSR count). The molecule has 1 amide bonds. The highest BCUT2D eigenvalue weighted by molar-refractivity contribution is 9.12. The van der Waals surface area contributed by atoms with Gasteiger partial charge in [-0.1, -0.05) is 0 Å². The lowest BCUT2D eigenvalue weighted by Gasteiger charge is -2.39.